The fourth-order valence-corrected chi connectivity index (χ4v) is 1.90. The second kappa shape index (κ2) is 6.05. The van der Waals surface area contributed by atoms with Crippen molar-refractivity contribution in [2.45, 2.75) is 50.1 Å². The molecule has 0 aliphatic carbocycles. The van der Waals surface area contributed by atoms with Crippen molar-refractivity contribution in [3.05, 3.63) is 25.3 Å². The summed E-state index contributed by atoms with van der Waals surface area (Å²) < 4.78 is 5.59. The Morgan fingerprint density at radius 2 is 1.47 bits per heavy atom. The van der Waals surface area contributed by atoms with E-state index in [0.717, 1.165) is 12.8 Å². The highest BCUT2D eigenvalue weighted by atomic mass is 16.5. The summed E-state index contributed by atoms with van der Waals surface area (Å²) in [5.74, 6) is 0. The van der Waals surface area contributed by atoms with Crippen molar-refractivity contribution < 1.29 is 14.9 Å². The maximum absolute atomic E-state index is 9.68. The van der Waals surface area contributed by atoms with Crippen molar-refractivity contribution in [2.75, 3.05) is 0 Å². The van der Waals surface area contributed by atoms with E-state index in [1.807, 2.05) is 0 Å². The van der Waals surface area contributed by atoms with Crippen molar-refractivity contribution in [3.63, 3.8) is 0 Å². The van der Waals surface area contributed by atoms with Crippen LogP contribution in [0.4, 0.5) is 0 Å². The number of rotatable bonds is 6. The topological polar surface area (TPSA) is 49.7 Å². The van der Waals surface area contributed by atoms with Gasteiger partial charge in [0.05, 0.1) is 24.4 Å². The lowest BCUT2D eigenvalue weighted by atomic mass is 10.0. The molecule has 0 aromatic carbocycles. The van der Waals surface area contributed by atoms with Crippen LogP contribution in [0.2, 0.25) is 0 Å². The van der Waals surface area contributed by atoms with Gasteiger partial charge in [-0.25, -0.2) is 0 Å². The Kier molecular flexibility index (Phi) is 5.02. The van der Waals surface area contributed by atoms with Crippen LogP contribution in [0.1, 0.15) is 25.7 Å². The highest BCUT2D eigenvalue weighted by Gasteiger charge is 2.33. The average Bonchev–Trinajstić information content (AvgIpc) is 2.67. The zero-order valence-electron chi connectivity index (χ0n) is 9.01. The molecule has 0 bridgehead atoms. The fraction of sp³-hybridized carbons (Fsp3) is 0.667. The minimum absolute atomic E-state index is 0.160. The molecule has 1 fully saturated rings. The normalized spacial score (nSPS) is 29.7. The van der Waals surface area contributed by atoms with E-state index < -0.39 is 12.2 Å². The minimum atomic E-state index is -0.497. The molecule has 0 radical (unpaired) electrons. The molecule has 86 valence electrons. The summed E-state index contributed by atoms with van der Waals surface area (Å²) in [6.07, 6.45) is 4.72. The molecule has 15 heavy (non-hydrogen) atoms. The molecule has 4 atom stereocenters. The van der Waals surface area contributed by atoms with Gasteiger partial charge < -0.3 is 14.9 Å². The van der Waals surface area contributed by atoms with Crippen molar-refractivity contribution in [1.82, 2.24) is 0 Å². The second-order valence-electron chi connectivity index (χ2n) is 3.97. The summed E-state index contributed by atoms with van der Waals surface area (Å²) in [4.78, 5) is 0. The summed E-state index contributed by atoms with van der Waals surface area (Å²) in [6.45, 7) is 7.15. The van der Waals surface area contributed by atoms with Crippen molar-refractivity contribution in [3.8, 4) is 0 Å². The molecule has 1 aliphatic heterocycles. The molecule has 2 unspecified atom stereocenters. The molecular formula is C12H20O3. The zero-order chi connectivity index (χ0) is 11.3. The van der Waals surface area contributed by atoms with Gasteiger partial charge in [-0.2, -0.15) is 0 Å². The van der Waals surface area contributed by atoms with Crippen LogP contribution >= 0.6 is 0 Å². The van der Waals surface area contributed by atoms with E-state index in [1.165, 1.54) is 0 Å². The van der Waals surface area contributed by atoms with Crippen LogP contribution in [0, 0.1) is 0 Å². The van der Waals surface area contributed by atoms with E-state index in [4.69, 9.17) is 4.74 Å². The molecule has 1 saturated heterocycles. The Bertz CT molecular complexity index is 193. The maximum Gasteiger partial charge on any atom is 0.0843 e. The molecule has 3 heteroatoms. The molecule has 3 nitrogen and oxygen atoms in total. The SMILES string of the molecule is C=CCC(O)[C@@H]1CC[C@H](C(O)CC=C)O1. The van der Waals surface area contributed by atoms with Crippen molar-refractivity contribution in [2.24, 2.45) is 0 Å². The first-order valence-corrected chi connectivity index (χ1v) is 5.42. The third-order valence-corrected chi connectivity index (χ3v) is 2.76. The zero-order valence-corrected chi connectivity index (χ0v) is 9.01. The molecular weight excluding hydrogens is 192 g/mol. The Labute approximate surface area is 91.1 Å². The van der Waals surface area contributed by atoms with Gasteiger partial charge in [0.15, 0.2) is 0 Å². The van der Waals surface area contributed by atoms with Gasteiger partial charge in [-0.15, -0.1) is 13.2 Å². The third kappa shape index (κ3) is 3.45. The van der Waals surface area contributed by atoms with Crippen LogP contribution in [-0.4, -0.2) is 34.6 Å². The molecule has 1 aliphatic rings. The lowest BCUT2D eigenvalue weighted by molar-refractivity contribution is -0.0726. The van der Waals surface area contributed by atoms with Crippen LogP contribution in [0.3, 0.4) is 0 Å². The van der Waals surface area contributed by atoms with E-state index in [0.29, 0.717) is 12.8 Å². The highest BCUT2D eigenvalue weighted by molar-refractivity contribution is 4.88. The first-order valence-electron chi connectivity index (χ1n) is 5.42. The van der Waals surface area contributed by atoms with E-state index in [9.17, 15) is 10.2 Å². The Hall–Kier alpha value is -0.640. The van der Waals surface area contributed by atoms with E-state index >= 15 is 0 Å². The summed E-state index contributed by atoms with van der Waals surface area (Å²) in [5, 5.41) is 19.4. The first-order chi connectivity index (χ1) is 7.19. The summed E-state index contributed by atoms with van der Waals surface area (Å²) >= 11 is 0. The van der Waals surface area contributed by atoms with E-state index in [-0.39, 0.29) is 12.2 Å². The maximum atomic E-state index is 9.68. The Morgan fingerprint density at radius 3 is 1.80 bits per heavy atom. The van der Waals surface area contributed by atoms with Gasteiger partial charge in [-0.1, -0.05) is 12.2 Å². The molecule has 0 aromatic heterocycles. The van der Waals surface area contributed by atoms with Gasteiger partial charge in [0, 0.05) is 0 Å². The molecule has 1 rings (SSSR count). The predicted molar refractivity (Wildman–Crippen MR) is 59.5 cm³/mol. The van der Waals surface area contributed by atoms with Crippen LogP contribution in [-0.2, 0) is 4.74 Å². The first kappa shape index (κ1) is 12.4. The number of aliphatic hydroxyl groups excluding tert-OH is 2. The third-order valence-electron chi connectivity index (χ3n) is 2.76. The monoisotopic (exact) mass is 212 g/mol. The summed E-state index contributed by atoms with van der Waals surface area (Å²) in [6, 6.07) is 0. The van der Waals surface area contributed by atoms with Crippen LogP contribution in [0.5, 0.6) is 0 Å². The molecule has 2 N–H and O–H groups in total. The average molecular weight is 212 g/mol. The lowest BCUT2D eigenvalue weighted by Gasteiger charge is -2.20. The van der Waals surface area contributed by atoms with Gasteiger partial charge in [0.25, 0.3) is 0 Å². The molecule has 1 heterocycles. The number of ether oxygens (including phenoxy) is 1. The summed E-state index contributed by atoms with van der Waals surface area (Å²) in [7, 11) is 0. The smallest absolute Gasteiger partial charge is 0.0843 e. The van der Waals surface area contributed by atoms with Gasteiger partial charge >= 0.3 is 0 Å². The van der Waals surface area contributed by atoms with Crippen molar-refractivity contribution in [1.29, 1.82) is 0 Å². The quantitative estimate of drug-likeness (QED) is 0.654. The largest absolute Gasteiger partial charge is 0.390 e. The molecule has 0 amide bonds. The molecule has 0 spiro atoms. The van der Waals surface area contributed by atoms with Gasteiger partial charge in [0.2, 0.25) is 0 Å². The van der Waals surface area contributed by atoms with Crippen LogP contribution in [0.15, 0.2) is 25.3 Å². The van der Waals surface area contributed by atoms with Crippen molar-refractivity contribution >= 4 is 0 Å². The number of hydrogen-bond acceptors (Lipinski definition) is 3. The Balaban J connectivity index is 2.37. The molecule has 0 aromatic rings. The van der Waals surface area contributed by atoms with E-state index in [1.54, 1.807) is 12.2 Å². The number of aliphatic hydroxyl groups is 2. The van der Waals surface area contributed by atoms with Crippen LogP contribution in [0.25, 0.3) is 0 Å². The van der Waals surface area contributed by atoms with Gasteiger partial charge in [-0.05, 0) is 25.7 Å². The van der Waals surface area contributed by atoms with E-state index in [2.05, 4.69) is 13.2 Å². The van der Waals surface area contributed by atoms with Gasteiger partial charge in [-0.3, -0.25) is 0 Å². The molecule has 0 saturated carbocycles. The number of hydrogen-bond donors (Lipinski definition) is 2. The minimum Gasteiger partial charge on any atom is -0.390 e. The predicted octanol–water partition coefficient (Wildman–Crippen LogP) is 1.41. The highest BCUT2D eigenvalue weighted by Crippen LogP contribution is 2.26. The van der Waals surface area contributed by atoms with Crippen LogP contribution < -0.4 is 0 Å². The summed E-state index contributed by atoms with van der Waals surface area (Å²) in [5.41, 5.74) is 0. The Morgan fingerprint density at radius 1 is 1.07 bits per heavy atom. The van der Waals surface area contributed by atoms with Gasteiger partial charge in [0.1, 0.15) is 0 Å². The fourth-order valence-electron chi connectivity index (χ4n) is 1.90. The standard InChI is InChI=1S/C12H20O3/c1-3-5-9(13)11-7-8-12(15-11)10(14)6-4-2/h3-4,9-14H,1-2,5-8H2/t9?,10?,11-,12+. The second-order valence-corrected chi connectivity index (χ2v) is 3.97. The lowest BCUT2D eigenvalue weighted by Crippen LogP contribution is -2.30.